The van der Waals surface area contributed by atoms with Gasteiger partial charge in [-0.3, -0.25) is 0 Å². The zero-order valence-corrected chi connectivity index (χ0v) is 7.80. The lowest BCUT2D eigenvalue weighted by Gasteiger charge is -2.29. The first kappa shape index (κ1) is 8.48. The molecule has 0 aliphatic heterocycles. The molecule has 70 valence electrons. The van der Waals surface area contributed by atoms with Crippen LogP contribution in [-0.2, 0) is 9.47 Å². The van der Waals surface area contributed by atoms with E-state index in [0.29, 0.717) is 0 Å². The Bertz CT molecular complexity index is 181. The molecule has 2 N–H and O–H groups in total. The van der Waals surface area contributed by atoms with Crippen molar-refractivity contribution in [3.63, 3.8) is 0 Å². The SMILES string of the molecule is COC(OC)C1(C2(N)CC2)CC1. The third-order valence-corrected chi connectivity index (χ3v) is 3.45. The molecule has 2 rings (SSSR count). The average Bonchev–Trinajstić information content (AvgIpc) is 2.89. The van der Waals surface area contributed by atoms with Gasteiger partial charge in [0.25, 0.3) is 0 Å². The highest BCUT2D eigenvalue weighted by molar-refractivity contribution is 5.20. The van der Waals surface area contributed by atoms with E-state index in [0.717, 1.165) is 25.7 Å². The van der Waals surface area contributed by atoms with Crippen LogP contribution in [0, 0.1) is 5.41 Å². The van der Waals surface area contributed by atoms with Crippen molar-refractivity contribution in [2.75, 3.05) is 14.2 Å². The first-order valence-corrected chi connectivity index (χ1v) is 4.53. The van der Waals surface area contributed by atoms with E-state index in [2.05, 4.69) is 0 Å². The van der Waals surface area contributed by atoms with Gasteiger partial charge in [-0.05, 0) is 25.7 Å². The van der Waals surface area contributed by atoms with Crippen molar-refractivity contribution in [2.45, 2.75) is 37.5 Å². The minimum Gasteiger partial charge on any atom is -0.355 e. The number of hydrogen-bond acceptors (Lipinski definition) is 3. The smallest absolute Gasteiger partial charge is 0.164 e. The van der Waals surface area contributed by atoms with Gasteiger partial charge >= 0.3 is 0 Å². The molecule has 0 radical (unpaired) electrons. The topological polar surface area (TPSA) is 44.5 Å². The summed E-state index contributed by atoms with van der Waals surface area (Å²) in [7, 11) is 3.39. The fourth-order valence-electron chi connectivity index (χ4n) is 2.28. The maximum Gasteiger partial charge on any atom is 0.164 e. The van der Waals surface area contributed by atoms with Gasteiger partial charge in [-0.2, -0.15) is 0 Å². The minimum absolute atomic E-state index is 0.0314. The molecule has 0 spiro atoms. The molecular weight excluding hydrogens is 154 g/mol. The van der Waals surface area contributed by atoms with Gasteiger partial charge in [-0.25, -0.2) is 0 Å². The Morgan fingerprint density at radius 3 is 1.83 bits per heavy atom. The van der Waals surface area contributed by atoms with Crippen molar-refractivity contribution in [3.8, 4) is 0 Å². The lowest BCUT2D eigenvalue weighted by Crippen LogP contribution is -2.43. The van der Waals surface area contributed by atoms with Crippen LogP contribution in [0.25, 0.3) is 0 Å². The number of rotatable bonds is 4. The molecule has 3 heteroatoms. The van der Waals surface area contributed by atoms with Crippen LogP contribution in [0.4, 0.5) is 0 Å². The molecule has 0 saturated heterocycles. The monoisotopic (exact) mass is 171 g/mol. The lowest BCUT2D eigenvalue weighted by molar-refractivity contribution is -0.155. The summed E-state index contributed by atoms with van der Waals surface area (Å²) < 4.78 is 10.6. The van der Waals surface area contributed by atoms with Crippen molar-refractivity contribution in [1.82, 2.24) is 0 Å². The Hall–Kier alpha value is -0.120. The van der Waals surface area contributed by atoms with E-state index in [9.17, 15) is 0 Å². The van der Waals surface area contributed by atoms with Crippen LogP contribution in [0.1, 0.15) is 25.7 Å². The van der Waals surface area contributed by atoms with Crippen molar-refractivity contribution in [3.05, 3.63) is 0 Å². The van der Waals surface area contributed by atoms with Crippen LogP contribution in [0.5, 0.6) is 0 Å². The molecule has 12 heavy (non-hydrogen) atoms. The number of ether oxygens (including phenoxy) is 2. The van der Waals surface area contributed by atoms with E-state index in [4.69, 9.17) is 15.2 Å². The van der Waals surface area contributed by atoms with Gasteiger partial charge in [-0.1, -0.05) is 0 Å². The highest BCUT2D eigenvalue weighted by atomic mass is 16.7. The Morgan fingerprint density at radius 1 is 1.08 bits per heavy atom. The summed E-state index contributed by atoms with van der Waals surface area (Å²) in [4.78, 5) is 0. The lowest BCUT2D eigenvalue weighted by atomic mass is 9.93. The minimum atomic E-state index is -0.0926. The van der Waals surface area contributed by atoms with Gasteiger partial charge < -0.3 is 15.2 Å². The van der Waals surface area contributed by atoms with Crippen molar-refractivity contribution < 1.29 is 9.47 Å². The predicted molar refractivity (Wildman–Crippen MR) is 45.6 cm³/mol. The maximum absolute atomic E-state index is 6.18. The largest absolute Gasteiger partial charge is 0.355 e. The second-order valence-corrected chi connectivity index (χ2v) is 4.12. The molecule has 2 saturated carbocycles. The molecule has 0 unspecified atom stereocenters. The van der Waals surface area contributed by atoms with Gasteiger partial charge in [0.15, 0.2) is 6.29 Å². The third kappa shape index (κ3) is 0.934. The zero-order chi connectivity index (χ0) is 8.82. The van der Waals surface area contributed by atoms with Crippen molar-refractivity contribution in [1.29, 1.82) is 0 Å². The highest BCUT2D eigenvalue weighted by Crippen LogP contribution is 2.65. The van der Waals surface area contributed by atoms with E-state index in [1.165, 1.54) is 0 Å². The van der Waals surface area contributed by atoms with Crippen LogP contribution >= 0.6 is 0 Å². The summed E-state index contributed by atoms with van der Waals surface area (Å²) >= 11 is 0. The van der Waals surface area contributed by atoms with Crippen LogP contribution in [0.15, 0.2) is 0 Å². The Balaban J connectivity index is 2.09. The van der Waals surface area contributed by atoms with E-state index >= 15 is 0 Å². The molecule has 0 aromatic heterocycles. The molecular formula is C9H17NO2. The molecule has 0 heterocycles. The van der Waals surface area contributed by atoms with Crippen LogP contribution in [-0.4, -0.2) is 26.0 Å². The molecule has 2 aliphatic rings. The Labute approximate surface area is 73.2 Å². The molecule has 3 nitrogen and oxygen atoms in total. The van der Waals surface area contributed by atoms with Gasteiger partial charge in [0.05, 0.1) is 0 Å². The highest BCUT2D eigenvalue weighted by Gasteiger charge is 2.67. The van der Waals surface area contributed by atoms with E-state index in [1.54, 1.807) is 14.2 Å². The van der Waals surface area contributed by atoms with Gasteiger partial charge in [0, 0.05) is 25.2 Å². The molecule has 0 atom stereocenters. The summed E-state index contributed by atoms with van der Waals surface area (Å²) in [5.41, 5.74) is 6.36. The Kier molecular flexibility index (Phi) is 1.72. The number of methoxy groups -OCH3 is 2. The standard InChI is InChI=1S/C9H17NO2/c1-11-7(12-2)8(3-4-8)9(10)5-6-9/h7H,3-6,10H2,1-2H3. The van der Waals surface area contributed by atoms with Gasteiger partial charge in [-0.15, -0.1) is 0 Å². The second-order valence-electron chi connectivity index (χ2n) is 4.12. The molecule has 0 amide bonds. The van der Waals surface area contributed by atoms with Crippen molar-refractivity contribution >= 4 is 0 Å². The van der Waals surface area contributed by atoms with E-state index < -0.39 is 0 Å². The fraction of sp³-hybridized carbons (Fsp3) is 1.00. The quantitative estimate of drug-likeness (QED) is 0.638. The predicted octanol–water partition coefficient (Wildman–Crippen LogP) is 0.877. The normalized spacial score (nSPS) is 29.0. The van der Waals surface area contributed by atoms with Crippen LogP contribution in [0.3, 0.4) is 0 Å². The summed E-state index contributed by atoms with van der Waals surface area (Å²) in [6, 6.07) is 0. The Morgan fingerprint density at radius 2 is 1.58 bits per heavy atom. The number of nitrogens with two attached hydrogens (primary N) is 1. The summed E-state index contributed by atoms with van der Waals surface area (Å²) in [5, 5.41) is 0. The first-order valence-electron chi connectivity index (χ1n) is 4.53. The summed E-state index contributed by atoms with van der Waals surface area (Å²) in [6.07, 6.45) is 4.50. The van der Waals surface area contributed by atoms with E-state index in [1.807, 2.05) is 0 Å². The number of hydrogen-bond donors (Lipinski definition) is 1. The molecule has 0 aromatic rings. The second kappa shape index (κ2) is 2.44. The first-order chi connectivity index (χ1) is 5.68. The van der Waals surface area contributed by atoms with E-state index in [-0.39, 0.29) is 17.2 Å². The van der Waals surface area contributed by atoms with Crippen LogP contribution < -0.4 is 5.73 Å². The van der Waals surface area contributed by atoms with Gasteiger partial charge in [0.2, 0.25) is 0 Å². The molecule has 0 aromatic carbocycles. The van der Waals surface area contributed by atoms with Crippen molar-refractivity contribution in [2.24, 2.45) is 11.1 Å². The molecule has 2 aliphatic carbocycles. The van der Waals surface area contributed by atoms with Gasteiger partial charge in [0.1, 0.15) is 0 Å². The fourth-order valence-corrected chi connectivity index (χ4v) is 2.28. The summed E-state index contributed by atoms with van der Waals surface area (Å²) in [5.74, 6) is 0. The van der Waals surface area contributed by atoms with Crippen LogP contribution in [0.2, 0.25) is 0 Å². The molecule has 2 fully saturated rings. The average molecular weight is 171 g/mol. The zero-order valence-electron chi connectivity index (χ0n) is 7.80. The third-order valence-electron chi connectivity index (χ3n) is 3.45. The summed E-state index contributed by atoms with van der Waals surface area (Å²) in [6.45, 7) is 0. The maximum atomic E-state index is 6.18. The molecule has 0 bridgehead atoms.